The molecule has 1 fully saturated rings. The normalized spacial score (nSPS) is 22.8. The Morgan fingerprint density at radius 1 is 1.40 bits per heavy atom. The Labute approximate surface area is 168 Å². The molecule has 1 aliphatic carbocycles. The van der Waals surface area contributed by atoms with Gasteiger partial charge in [-0.3, -0.25) is 4.99 Å². The minimum absolute atomic E-state index is 0. The molecule has 1 aliphatic rings. The molecule has 2 N–H and O–H groups in total. The highest BCUT2D eigenvalue weighted by Crippen LogP contribution is 2.37. The molecule has 8 heteroatoms. The zero-order chi connectivity index (χ0) is 17.6. The van der Waals surface area contributed by atoms with Crippen molar-refractivity contribution >= 4 is 41.3 Å². The van der Waals surface area contributed by atoms with Crippen molar-refractivity contribution < 1.29 is 13.2 Å². The van der Waals surface area contributed by atoms with Crippen LogP contribution in [0.2, 0.25) is 0 Å². The van der Waals surface area contributed by atoms with Crippen molar-refractivity contribution in [2.75, 3.05) is 13.1 Å². The van der Waals surface area contributed by atoms with E-state index in [1.54, 1.807) is 11.3 Å². The molecular formula is C17H27F3IN3S. The van der Waals surface area contributed by atoms with Crippen LogP contribution in [0, 0.1) is 5.92 Å². The van der Waals surface area contributed by atoms with Crippen LogP contribution in [0.1, 0.15) is 51.0 Å². The number of guanidine groups is 1. The lowest BCUT2D eigenvalue weighted by Gasteiger charge is -2.32. The average molecular weight is 489 g/mol. The van der Waals surface area contributed by atoms with Gasteiger partial charge in [0.2, 0.25) is 0 Å². The van der Waals surface area contributed by atoms with Gasteiger partial charge in [0.05, 0.1) is 5.92 Å². The first kappa shape index (κ1) is 22.5. The summed E-state index contributed by atoms with van der Waals surface area (Å²) in [6, 6.07) is 1.92. The van der Waals surface area contributed by atoms with Gasteiger partial charge in [-0.15, -0.1) is 24.0 Å². The van der Waals surface area contributed by atoms with Gasteiger partial charge in [-0.05, 0) is 48.6 Å². The van der Waals surface area contributed by atoms with E-state index in [-0.39, 0.29) is 42.9 Å². The van der Waals surface area contributed by atoms with Crippen LogP contribution in [0.4, 0.5) is 13.2 Å². The Balaban J connectivity index is 0.00000312. The van der Waals surface area contributed by atoms with Gasteiger partial charge in [-0.25, -0.2) is 0 Å². The number of hydrogen-bond acceptors (Lipinski definition) is 2. The van der Waals surface area contributed by atoms with Gasteiger partial charge in [0.25, 0.3) is 0 Å². The Morgan fingerprint density at radius 3 is 2.76 bits per heavy atom. The summed E-state index contributed by atoms with van der Waals surface area (Å²) in [6.07, 6.45) is -2.36. The Hall–Kier alpha value is -0.510. The number of aliphatic imine (C=N–C) groups is 1. The minimum atomic E-state index is -4.09. The lowest BCUT2D eigenvalue weighted by molar-refractivity contribution is -0.183. The first-order valence-corrected chi connectivity index (χ1v) is 9.48. The maximum Gasteiger partial charge on any atom is 0.391 e. The summed E-state index contributed by atoms with van der Waals surface area (Å²) < 4.78 is 38.8. The Bertz CT molecular complexity index is 520. The largest absolute Gasteiger partial charge is 0.391 e. The van der Waals surface area contributed by atoms with Gasteiger partial charge >= 0.3 is 6.18 Å². The van der Waals surface area contributed by atoms with Crippen molar-refractivity contribution in [2.45, 2.75) is 57.7 Å². The van der Waals surface area contributed by atoms with Crippen molar-refractivity contribution in [1.29, 1.82) is 0 Å². The van der Waals surface area contributed by atoms with Crippen LogP contribution in [-0.2, 0) is 0 Å². The Morgan fingerprint density at radius 2 is 2.16 bits per heavy atom. The molecule has 0 saturated heterocycles. The smallest absolute Gasteiger partial charge is 0.357 e. The molecule has 1 saturated carbocycles. The van der Waals surface area contributed by atoms with Gasteiger partial charge < -0.3 is 10.6 Å². The predicted octanol–water partition coefficient (Wildman–Crippen LogP) is 5.15. The van der Waals surface area contributed by atoms with Gasteiger partial charge in [0.15, 0.2) is 5.96 Å². The van der Waals surface area contributed by atoms with E-state index in [0.717, 1.165) is 6.42 Å². The predicted molar refractivity (Wildman–Crippen MR) is 109 cm³/mol. The number of nitrogens with zero attached hydrogens (tertiary/aromatic N) is 1. The zero-order valence-electron chi connectivity index (χ0n) is 14.6. The molecule has 144 valence electrons. The summed E-state index contributed by atoms with van der Waals surface area (Å²) in [7, 11) is 0. The molecule has 0 spiro atoms. The molecule has 3 atom stereocenters. The first-order chi connectivity index (χ1) is 11.4. The highest BCUT2D eigenvalue weighted by Gasteiger charge is 2.42. The van der Waals surface area contributed by atoms with Crippen molar-refractivity contribution in [3.63, 3.8) is 0 Å². The number of halogens is 4. The molecule has 0 aromatic carbocycles. The number of hydrogen-bond donors (Lipinski definition) is 2. The quantitative estimate of drug-likeness (QED) is 0.341. The number of thiophene rings is 1. The maximum atomic E-state index is 12.9. The molecule has 0 aliphatic heterocycles. The van der Waals surface area contributed by atoms with E-state index in [0.29, 0.717) is 31.4 Å². The van der Waals surface area contributed by atoms with E-state index in [4.69, 9.17) is 0 Å². The average Bonchev–Trinajstić information content (AvgIpc) is 3.06. The third-order valence-electron chi connectivity index (χ3n) is 4.46. The minimum Gasteiger partial charge on any atom is -0.357 e. The van der Waals surface area contributed by atoms with Crippen LogP contribution in [-0.4, -0.2) is 31.3 Å². The molecule has 0 radical (unpaired) electrons. The highest BCUT2D eigenvalue weighted by molar-refractivity contribution is 14.0. The lowest BCUT2D eigenvalue weighted by atomic mass is 9.85. The van der Waals surface area contributed by atoms with Crippen LogP contribution in [0.3, 0.4) is 0 Å². The fraction of sp³-hybridized carbons (Fsp3) is 0.706. The van der Waals surface area contributed by atoms with E-state index in [1.165, 1.54) is 5.56 Å². The van der Waals surface area contributed by atoms with E-state index in [1.807, 2.05) is 12.3 Å². The highest BCUT2D eigenvalue weighted by atomic mass is 127. The van der Waals surface area contributed by atoms with Gasteiger partial charge in [0, 0.05) is 25.0 Å². The second kappa shape index (κ2) is 10.6. The third-order valence-corrected chi connectivity index (χ3v) is 5.16. The van der Waals surface area contributed by atoms with Gasteiger partial charge in [-0.2, -0.15) is 24.5 Å². The summed E-state index contributed by atoms with van der Waals surface area (Å²) >= 11 is 1.66. The van der Waals surface area contributed by atoms with E-state index < -0.39 is 12.1 Å². The van der Waals surface area contributed by atoms with Crippen LogP contribution < -0.4 is 10.6 Å². The van der Waals surface area contributed by atoms with Crippen molar-refractivity contribution in [1.82, 2.24) is 10.6 Å². The fourth-order valence-electron chi connectivity index (χ4n) is 3.02. The SMILES string of the molecule is CCNC(=NCC(C)c1ccsc1)NC1CCCC(C(F)(F)F)C1.I. The van der Waals surface area contributed by atoms with Crippen molar-refractivity contribution in [3.05, 3.63) is 22.4 Å². The number of rotatable bonds is 5. The monoisotopic (exact) mass is 489 g/mol. The summed E-state index contributed by atoms with van der Waals surface area (Å²) in [4.78, 5) is 4.57. The molecule has 3 nitrogen and oxygen atoms in total. The van der Waals surface area contributed by atoms with E-state index >= 15 is 0 Å². The molecular weight excluding hydrogens is 462 g/mol. The van der Waals surface area contributed by atoms with Crippen LogP contribution >= 0.6 is 35.3 Å². The molecule has 25 heavy (non-hydrogen) atoms. The fourth-order valence-corrected chi connectivity index (χ4v) is 3.80. The van der Waals surface area contributed by atoms with Crippen molar-refractivity contribution in [3.8, 4) is 0 Å². The summed E-state index contributed by atoms with van der Waals surface area (Å²) in [5.74, 6) is -0.287. The van der Waals surface area contributed by atoms with Gasteiger partial charge in [-0.1, -0.05) is 13.3 Å². The molecule has 1 aromatic heterocycles. The van der Waals surface area contributed by atoms with Crippen molar-refractivity contribution in [2.24, 2.45) is 10.9 Å². The van der Waals surface area contributed by atoms with E-state index in [2.05, 4.69) is 34.0 Å². The van der Waals surface area contributed by atoms with Crippen LogP contribution in [0.15, 0.2) is 21.8 Å². The standard InChI is InChI=1S/C17H26F3N3S.HI/c1-3-21-16(22-10-12(2)13-7-8-24-11-13)23-15-6-4-5-14(9-15)17(18,19)20;/h7-8,11-12,14-15H,3-6,9-10H2,1-2H3,(H2,21,22,23);1H. The molecule has 0 bridgehead atoms. The van der Waals surface area contributed by atoms with Crippen LogP contribution in [0.5, 0.6) is 0 Å². The first-order valence-electron chi connectivity index (χ1n) is 8.53. The molecule has 3 unspecified atom stereocenters. The summed E-state index contributed by atoms with van der Waals surface area (Å²) in [5.41, 5.74) is 1.24. The molecule has 2 rings (SSSR count). The molecule has 1 aromatic rings. The number of nitrogens with one attached hydrogen (secondary N) is 2. The topological polar surface area (TPSA) is 36.4 Å². The second-order valence-corrected chi connectivity index (χ2v) is 7.20. The molecule has 1 heterocycles. The maximum absolute atomic E-state index is 12.9. The lowest BCUT2D eigenvalue weighted by Crippen LogP contribution is -2.47. The third kappa shape index (κ3) is 7.32. The summed E-state index contributed by atoms with van der Waals surface area (Å²) in [5, 5.41) is 10.5. The summed E-state index contributed by atoms with van der Waals surface area (Å²) in [6.45, 7) is 5.36. The molecule has 0 amide bonds. The Kier molecular flexibility index (Phi) is 9.55. The van der Waals surface area contributed by atoms with Gasteiger partial charge in [0.1, 0.15) is 0 Å². The van der Waals surface area contributed by atoms with Crippen LogP contribution in [0.25, 0.3) is 0 Å². The van der Waals surface area contributed by atoms with E-state index in [9.17, 15) is 13.2 Å². The second-order valence-electron chi connectivity index (χ2n) is 6.42. The number of alkyl halides is 3. The zero-order valence-corrected chi connectivity index (χ0v) is 17.8.